The number of ether oxygens (including phenoxy) is 1. The smallest absolute Gasteiger partial charge is 0.305 e. The molecule has 1 heterocycles. The Hall–Kier alpha value is -2.18. The fourth-order valence-electron chi connectivity index (χ4n) is 2.14. The van der Waals surface area contributed by atoms with Gasteiger partial charge in [0, 0.05) is 10.4 Å². The van der Waals surface area contributed by atoms with Crippen LogP contribution in [0.2, 0.25) is 0 Å². The molecule has 0 aliphatic rings. The molecule has 0 radical (unpaired) electrons. The van der Waals surface area contributed by atoms with Gasteiger partial charge in [-0.25, -0.2) is 0 Å². The van der Waals surface area contributed by atoms with Gasteiger partial charge in [-0.05, 0) is 43.0 Å². The number of rotatable bonds is 8. The maximum atomic E-state index is 12.4. The van der Waals surface area contributed by atoms with Gasteiger partial charge in [-0.3, -0.25) is 9.59 Å². The summed E-state index contributed by atoms with van der Waals surface area (Å²) in [5, 5.41) is 13.7. The van der Waals surface area contributed by atoms with Crippen LogP contribution in [0.5, 0.6) is 0 Å². The maximum absolute atomic E-state index is 12.4. The molecule has 2 N–H and O–H groups in total. The zero-order chi connectivity index (χ0) is 17.5. The Balaban J connectivity index is 2.02. The molecule has 0 bridgehead atoms. The predicted octanol–water partition coefficient (Wildman–Crippen LogP) is 3.62. The molecular weight excluding hydrogens is 326 g/mol. The van der Waals surface area contributed by atoms with Crippen LogP contribution in [0.15, 0.2) is 41.8 Å². The number of carbonyl (C=O) groups is 2. The van der Waals surface area contributed by atoms with E-state index in [2.05, 4.69) is 5.32 Å². The lowest BCUT2D eigenvalue weighted by Gasteiger charge is -2.16. The summed E-state index contributed by atoms with van der Waals surface area (Å²) in [6.45, 7) is 4.43. The van der Waals surface area contributed by atoms with E-state index in [0.717, 1.165) is 10.4 Å². The molecule has 1 aromatic heterocycles. The van der Waals surface area contributed by atoms with E-state index in [0.29, 0.717) is 12.2 Å². The van der Waals surface area contributed by atoms with Crippen LogP contribution in [0.3, 0.4) is 0 Å². The first-order valence-electron chi connectivity index (χ1n) is 7.72. The fraction of sp³-hybridized carbons (Fsp3) is 0.333. The van der Waals surface area contributed by atoms with Crippen molar-refractivity contribution < 1.29 is 19.4 Å². The largest absolute Gasteiger partial charge is 0.481 e. The summed E-state index contributed by atoms with van der Waals surface area (Å²) in [6, 6.07) is 10.3. The van der Waals surface area contributed by atoms with Crippen molar-refractivity contribution in [3.63, 3.8) is 0 Å². The van der Waals surface area contributed by atoms with Crippen LogP contribution in [0, 0.1) is 0 Å². The van der Waals surface area contributed by atoms with Gasteiger partial charge < -0.3 is 15.2 Å². The van der Waals surface area contributed by atoms with Crippen molar-refractivity contribution in [3.05, 3.63) is 57.8 Å². The summed E-state index contributed by atoms with van der Waals surface area (Å²) in [5.74, 6) is -1.24. The van der Waals surface area contributed by atoms with Crippen molar-refractivity contribution in [2.75, 3.05) is 0 Å². The number of benzene rings is 1. The second kappa shape index (κ2) is 8.61. The number of carbonyl (C=O) groups excluding carboxylic acids is 1. The van der Waals surface area contributed by atoms with E-state index < -0.39 is 12.0 Å². The minimum Gasteiger partial charge on any atom is -0.481 e. The lowest BCUT2D eigenvalue weighted by molar-refractivity contribution is -0.137. The Kier molecular flexibility index (Phi) is 6.52. The van der Waals surface area contributed by atoms with E-state index in [1.165, 1.54) is 11.3 Å². The lowest BCUT2D eigenvalue weighted by Crippen LogP contribution is -2.29. The van der Waals surface area contributed by atoms with E-state index in [1.54, 1.807) is 12.1 Å². The van der Waals surface area contributed by atoms with Crippen molar-refractivity contribution in [2.24, 2.45) is 0 Å². The monoisotopic (exact) mass is 347 g/mol. The average Bonchev–Trinajstić information content (AvgIpc) is 3.06. The molecule has 0 aliphatic carbocycles. The summed E-state index contributed by atoms with van der Waals surface area (Å²) in [7, 11) is 0. The lowest BCUT2D eigenvalue weighted by atomic mass is 10.1. The van der Waals surface area contributed by atoms with Gasteiger partial charge in [0.2, 0.25) is 0 Å². The molecule has 2 rings (SSSR count). The van der Waals surface area contributed by atoms with E-state index >= 15 is 0 Å². The van der Waals surface area contributed by atoms with Crippen molar-refractivity contribution in [3.8, 4) is 0 Å². The minimum atomic E-state index is -0.949. The predicted molar refractivity (Wildman–Crippen MR) is 93.1 cm³/mol. The Morgan fingerprint density at radius 3 is 2.46 bits per heavy atom. The topological polar surface area (TPSA) is 75.6 Å². The van der Waals surface area contributed by atoms with E-state index in [1.807, 2.05) is 43.5 Å². The highest BCUT2D eigenvalue weighted by Gasteiger charge is 2.19. The molecule has 24 heavy (non-hydrogen) atoms. The van der Waals surface area contributed by atoms with E-state index in [-0.39, 0.29) is 18.4 Å². The van der Waals surface area contributed by atoms with Gasteiger partial charge in [-0.2, -0.15) is 0 Å². The van der Waals surface area contributed by atoms with Crippen LogP contribution >= 0.6 is 11.3 Å². The fourth-order valence-corrected chi connectivity index (χ4v) is 2.92. The quantitative estimate of drug-likeness (QED) is 0.765. The van der Waals surface area contributed by atoms with Gasteiger partial charge in [0.25, 0.3) is 5.91 Å². The summed E-state index contributed by atoms with van der Waals surface area (Å²) >= 11 is 1.43. The Labute approximate surface area is 145 Å². The third kappa shape index (κ3) is 5.47. The highest BCUT2D eigenvalue weighted by Crippen LogP contribution is 2.22. The van der Waals surface area contributed by atoms with Crippen LogP contribution in [0.4, 0.5) is 0 Å². The first-order valence-corrected chi connectivity index (χ1v) is 8.60. The first-order chi connectivity index (χ1) is 11.5. The molecule has 128 valence electrons. The van der Waals surface area contributed by atoms with E-state index in [4.69, 9.17) is 9.84 Å². The summed E-state index contributed by atoms with van der Waals surface area (Å²) in [5.41, 5.74) is 1.48. The van der Waals surface area contributed by atoms with Gasteiger partial charge in [0.15, 0.2) is 0 Å². The van der Waals surface area contributed by atoms with Crippen LogP contribution in [-0.4, -0.2) is 23.1 Å². The number of thiophene rings is 1. The third-order valence-corrected chi connectivity index (χ3v) is 4.36. The van der Waals surface area contributed by atoms with Crippen molar-refractivity contribution in [2.45, 2.75) is 39.0 Å². The second-order valence-corrected chi connectivity index (χ2v) is 6.68. The molecule has 0 saturated heterocycles. The van der Waals surface area contributed by atoms with Crippen LogP contribution in [0.25, 0.3) is 0 Å². The third-order valence-electron chi connectivity index (χ3n) is 3.37. The number of hydrogen-bond acceptors (Lipinski definition) is 4. The van der Waals surface area contributed by atoms with Crippen molar-refractivity contribution in [1.29, 1.82) is 0 Å². The van der Waals surface area contributed by atoms with Gasteiger partial charge in [-0.15, -0.1) is 11.3 Å². The molecule has 0 spiro atoms. The van der Waals surface area contributed by atoms with Crippen molar-refractivity contribution >= 4 is 23.2 Å². The van der Waals surface area contributed by atoms with Gasteiger partial charge in [0.1, 0.15) is 0 Å². The molecule has 0 saturated carbocycles. The zero-order valence-electron chi connectivity index (χ0n) is 13.7. The summed E-state index contributed by atoms with van der Waals surface area (Å²) in [4.78, 5) is 24.2. The Morgan fingerprint density at radius 2 is 1.92 bits per heavy atom. The number of amides is 1. The number of carboxylic acids is 1. The van der Waals surface area contributed by atoms with E-state index in [9.17, 15) is 9.59 Å². The molecule has 0 fully saturated rings. The molecule has 1 atom stereocenters. The molecule has 5 nitrogen and oxygen atoms in total. The summed E-state index contributed by atoms with van der Waals surface area (Å²) < 4.78 is 5.52. The summed E-state index contributed by atoms with van der Waals surface area (Å²) in [6.07, 6.45) is 0.00239. The number of carboxylic acid groups (broad SMARTS) is 1. The van der Waals surface area contributed by atoms with Gasteiger partial charge in [0.05, 0.1) is 25.2 Å². The zero-order valence-corrected chi connectivity index (χ0v) is 14.5. The van der Waals surface area contributed by atoms with Crippen LogP contribution < -0.4 is 5.32 Å². The van der Waals surface area contributed by atoms with Gasteiger partial charge in [-0.1, -0.05) is 18.2 Å². The Bertz CT molecular complexity index is 665. The SMILES string of the molecule is CC(C)OCc1ccc(C(=O)NC(CC(=O)O)c2cccs2)cc1. The molecule has 2 aromatic rings. The molecule has 1 amide bonds. The molecule has 1 aromatic carbocycles. The second-order valence-electron chi connectivity index (χ2n) is 5.70. The van der Waals surface area contributed by atoms with Crippen molar-refractivity contribution in [1.82, 2.24) is 5.32 Å². The number of aliphatic carboxylic acids is 1. The number of nitrogens with one attached hydrogen (secondary N) is 1. The highest BCUT2D eigenvalue weighted by atomic mass is 32.1. The highest BCUT2D eigenvalue weighted by molar-refractivity contribution is 7.10. The first kappa shape index (κ1) is 18.2. The standard InChI is InChI=1S/C18H21NO4S/c1-12(2)23-11-13-5-7-14(8-6-13)18(22)19-15(10-17(20)21)16-4-3-9-24-16/h3-9,12,15H,10-11H2,1-2H3,(H,19,22)(H,20,21). The minimum absolute atomic E-state index is 0.146. The van der Waals surface area contributed by atoms with Crippen LogP contribution in [-0.2, 0) is 16.1 Å². The Morgan fingerprint density at radius 1 is 1.21 bits per heavy atom. The molecule has 6 heteroatoms. The van der Waals surface area contributed by atoms with Crippen LogP contribution in [0.1, 0.15) is 47.1 Å². The molecule has 0 aliphatic heterocycles. The normalized spacial score (nSPS) is 12.1. The number of hydrogen-bond donors (Lipinski definition) is 2. The average molecular weight is 347 g/mol. The maximum Gasteiger partial charge on any atom is 0.305 e. The van der Waals surface area contributed by atoms with Gasteiger partial charge >= 0.3 is 5.97 Å². The molecular formula is C18H21NO4S. The molecule has 1 unspecified atom stereocenters.